The molecule has 0 aliphatic carbocycles. The largest absolute Gasteiger partial charge is 0.508 e. The van der Waals surface area contributed by atoms with Crippen LogP contribution in [0.5, 0.6) is 0 Å². The Bertz CT molecular complexity index is 207. The van der Waals surface area contributed by atoms with Crippen LogP contribution in [0.2, 0.25) is 0 Å². The fraction of sp³-hybridized carbons (Fsp3) is 0.938. The van der Waals surface area contributed by atoms with Crippen molar-refractivity contribution in [3.8, 4) is 0 Å². The van der Waals surface area contributed by atoms with Crippen molar-refractivity contribution in [2.45, 2.75) is 77.6 Å². The van der Waals surface area contributed by atoms with Gasteiger partial charge in [0.15, 0.2) is 0 Å². The lowest BCUT2D eigenvalue weighted by molar-refractivity contribution is 0.0502. The third-order valence-corrected chi connectivity index (χ3v) is 3.24. The van der Waals surface area contributed by atoms with E-state index >= 15 is 0 Å². The highest BCUT2D eigenvalue weighted by atomic mass is 16.7. The Labute approximate surface area is 123 Å². The second-order valence-corrected chi connectivity index (χ2v) is 5.21. The minimum Gasteiger partial charge on any atom is -0.434 e. The van der Waals surface area contributed by atoms with E-state index in [9.17, 15) is 4.79 Å². The Hall–Kier alpha value is -0.770. The van der Waals surface area contributed by atoms with Crippen LogP contribution < -0.4 is 0 Å². The predicted molar refractivity (Wildman–Crippen MR) is 80.8 cm³/mol. The summed E-state index contributed by atoms with van der Waals surface area (Å²) < 4.78 is 9.67. The van der Waals surface area contributed by atoms with Crippen LogP contribution in [0.4, 0.5) is 4.79 Å². The number of rotatable bonds is 14. The van der Waals surface area contributed by atoms with E-state index in [2.05, 4.69) is 6.92 Å². The summed E-state index contributed by atoms with van der Waals surface area (Å²) in [5, 5.41) is 8.52. The van der Waals surface area contributed by atoms with Gasteiger partial charge in [-0.2, -0.15) is 0 Å². The number of ether oxygens (including phenoxy) is 2. The molecule has 0 heterocycles. The molecule has 0 unspecified atom stereocenters. The van der Waals surface area contributed by atoms with Crippen molar-refractivity contribution < 1.29 is 19.4 Å². The van der Waals surface area contributed by atoms with Crippen molar-refractivity contribution in [3.05, 3.63) is 0 Å². The van der Waals surface area contributed by atoms with Crippen LogP contribution in [-0.4, -0.2) is 31.1 Å². The Kier molecular flexibility index (Phi) is 15.7. The van der Waals surface area contributed by atoms with E-state index in [1.54, 1.807) is 0 Å². The molecule has 0 bridgehead atoms. The van der Waals surface area contributed by atoms with Crippen LogP contribution in [0.25, 0.3) is 0 Å². The molecular weight excluding hydrogens is 256 g/mol. The van der Waals surface area contributed by atoms with Crippen LogP contribution >= 0.6 is 0 Å². The van der Waals surface area contributed by atoms with E-state index in [-0.39, 0.29) is 13.2 Å². The molecule has 0 amide bonds. The van der Waals surface area contributed by atoms with Crippen molar-refractivity contribution in [2.24, 2.45) is 0 Å². The Morgan fingerprint density at radius 1 is 0.750 bits per heavy atom. The highest BCUT2D eigenvalue weighted by Gasteiger charge is 2.02. The number of unbranched alkanes of at least 4 members (excludes halogenated alkanes) is 9. The minimum atomic E-state index is -0.616. The van der Waals surface area contributed by atoms with E-state index in [1.807, 2.05) is 0 Å². The number of carbonyl (C=O) groups is 1. The van der Waals surface area contributed by atoms with Gasteiger partial charge in [-0.05, 0) is 6.42 Å². The van der Waals surface area contributed by atoms with Gasteiger partial charge in [-0.15, -0.1) is 0 Å². The number of aliphatic hydroxyl groups is 1. The maximum atomic E-state index is 11.1. The molecule has 120 valence electrons. The van der Waals surface area contributed by atoms with E-state index in [0.29, 0.717) is 13.0 Å². The highest BCUT2D eigenvalue weighted by Crippen LogP contribution is 2.10. The van der Waals surface area contributed by atoms with E-state index in [4.69, 9.17) is 14.6 Å². The molecule has 0 atom stereocenters. The quantitative estimate of drug-likeness (QED) is 0.379. The third-order valence-electron chi connectivity index (χ3n) is 3.24. The fourth-order valence-electron chi connectivity index (χ4n) is 2.01. The average molecular weight is 288 g/mol. The van der Waals surface area contributed by atoms with Crippen LogP contribution in [0.1, 0.15) is 77.6 Å². The lowest BCUT2D eigenvalue weighted by Crippen LogP contribution is -2.10. The van der Waals surface area contributed by atoms with Gasteiger partial charge in [-0.25, -0.2) is 4.79 Å². The van der Waals surface area contributed by atoms with Crippen LogP contribution in [0, 0.1) is 0 Å². The van der Waals surface area contributed by atoms with Crippen LogP contribution in [0.15, 0.2) is 0 Å². The van der Waals surface area contributed by atoms with Crippen molar-refractivity contribution in [2.75, 3.05) is 19.8 Å². The van der Waals surface area contributed by atoms with Crippen LogP contribution in [0.3, 0.4) is 0 Å². The SMILES string of the molecule is CCCCCCCCCCCCOC(=O)OCCCO. The lowest BCUT2D eigenvalue weighted by atomic mass is 10.1. The summed E-state index contributed by atoms with van der Waals surface area (Å²) in [4.78, 5) is 11.1. The maximum Gasteiger partial charge on any atom is 0.508 e. The smallest absolute Gasteiger partial charge is 0.434 e. The fourth-order valence-corrected chi connectivity index (χ4v) is 2.01. The topological polar surface area (TPSA) is 55.8 Å². The number of aliphatic hydroxyl groups excluding tert-OH is 1. The molecule has 0 saturated carbocycles. The maximum absolute atomic E-state index is 11.1. The van der Waals surface area contributed by atoms with Gasteiger partial charge in [-0.1, -0.05) is 64.7 Å². The summed E-state index contributed by atoms with van der Waals surface area (Å²) in [5.74, 6) is 0. The van der Waals surface area contributed by atoms with Crippen molar-refractivity contribution in [1.82, 2.24) is 0 Å². The molecule has 0 aromatic heterocycles. The van der Waals surface area contributed by atoms with E-state index in [1.165, 1.54) is 51.4 Å². The van der Waals surface area contributed by atoms with Crippen molar-refractivity contribution >= 4 is 6.16 Å². The monoisotopic (exact) mass is 288 g/mol. The zero-order chi connectivity index (χ0) is 14.9. The number of hydrogen-bond donors (Lipinski definition) is 1. The Morgan fingerprint density at radius 2 is 1.20 bits per heavy atom. The van der Waals surface area contributed by atoms with E-state index in [0.717, 1.165) is 12.8 Å². The summed E-state index contributed by atoms with van der Waals surface area (Å²) in [7, 11) is 0. The zero-order valence-corrected chi connectivity index (χ0v) is 13.1. The van der Waals surface area contributed by atoms with Crippen molar-refractivity contribution in [1.29, 1.82) is 0 Å². The van der Waals surface area contributed by atoms with E-state index < -0.39 is 6.16 Å². The summed E-state index contributed by atoms with van der Waals surface area (Å²) in [6.07, 6.45) is 12.5. The molecule has 4 heteroatoms. The van der Waals surface area contributed by atoms with Crippen molar-refractivity contribution in [3.63, 3.8) is 0 Å². The first kappa shape index (κ1) is 19.2. The lowest BCUT2D eigenvalue weighted by Gasteiger charge is -2.05. The van der Waals surface area contributed by atoms with Crippen LogP contribution in [-0.2, 0) is 9.47 Å². The molecule has 4 nitrogen and oxygen atoms in total. The molecule has 1 N–H and O–H groups in total. The van der Waals surface area contributed by atoms with Gasteiger partial charge in [0.2, 0.25) is 0 Å². The molecule has 0 rings (SSSR count). The van der Waals surface area contributed by atoms with Gasteiger partial charge < -0.3 is 14.6 Å². The van der Waals surface area contributed by atoms with Gasteiger partial charge in [0.1, 0.15) is 0 Å². The molecule has 0 aromatic carbocycles. The second kappa shape index (κ2) is 16.3. The third kappa shape index (κ3) is 15.3. The highest BCUT2D eigenvalue weighted by molar-refractivity contribution is 5.59. The first-order valence-corrected chi connectivity index (χ1v) is 8.21. The molecule has 0 radical (unpaired) electrons. The molecule has 0 fully saturated rings. The molecule has 20 heavy (non-hydrogen) atoms. The zero-order valence-electron chi connectivity index (χ0n) is 13.1. The Balaban J connectivity index is 3.07. The number of carbonyl (C=O) groups excluding carboxylic acids is 1. The standard InChI is InChI=1S/C16H32O4/c1-2-3-4-5-6-7-8-9-10-11-14-19-16(18)20-15-12-13-17/h17H,2-15H2,1H3. The molecule has 0 saturated heterocycles. The van der Waals surface area contributed by atoms with Gasteiger partial charge >= 0.3 is 6.16 Å². The summed E-state index contributed by atoms with van der Waals surface area (Å²) in [5.41, 5.74) is 0. The first-order valence-electron chi connectivity index (χ1n) is 8.21. The van der Waals surface area contributed by atoms with Gasteiger partial charge in [0.25, 0.3) is 0 Å². The van der Waals surface area contributed by atoms with Gasteiger partial charge in [-0.3, -0.25) is 0 Å². The normalized spacial score (nSPS) is 10.5. The molecule has 0 aromatic rings. The summed E-state index contributed by atoms with van der Waals surface area (Å²) in [6, 6.07) is 0. The van der Waals surface area contributed by atoms with Gasteiger partial charge in [0, 0.05) is 13.0 Å². The predicted octanol–water partition coefficient (Wildman–Crippen LogP) is 4.44. The second-order valence-electron chi connectivity index (χ2n) is 5.21. The summed E-state index contributed by atoms with van der Waals surface area (Å²) in [6.45, 7) is 2.94. The number of hydrogen-bond acceptors (Lipinski definition) is 4. The molecule has 0 aliphatic rings. The first-order chi connectivity index (χ1) is 9.81. The average Bonchev–Trinajstić information content (AvgIpc) is 2.45. The summed E-state index contributed by atoms with van der Waals surface area (Å²) >= 11 is 0. The minimum absolute atomic E-state index is 0.0335. The Morgan fingerprint density at radius 3 is 1.70 bits per heavy atom. The molecular formula is C16H32O4. The molecule has 0 spiro atoms. The molecule has 0 aliphatic heterocycles. The van der Waals surface area contributed by atoms with Gasteiger partial charge in [0.05, 0.1) is 13.2 Å².